The molecule has 4 rings (SSSR count). The van der Waals surface area contributed by atoms with E-state index in [9.17, 15) is 35.3 Å². The number of thiophene rings is 1. The lowest BCUT2D eigenvalue weighted by molar-refractivity contribution is -0.274. The summed E-state index contributed by atoms with van der Waals surface area (Å²) in [5.74, 6) is 4.89. The third-order valence-corrected chi connectivity index (χ3v) is 12.0. The molecule has 240 valence electrons. The second-order valence-corrected chi connectivity index (χ2v) is 15.2. The van der Waals surface area contributed by atoms with E-state index < -0.39 is 44.1 Å². The Morgan fingerprint density at radius 3 is 2.45 bits per heavy atom. The molecule has 0 spiro atoms. The fourth-order valence-electron chi connectivity index (χ4n) is 5.15. The lowest BCUT2D eigenvalue weighted by atomic mass is 10.0. The highest BCUT2D eigenvalue weighted by Gasteiger charge is 2.34. The monoisotopic (exact) mass is 663 g/mol. The summed E-state index contributed by atoms with van der Waals surface area (Å²) in [6, 6.07) is 8.28. The van der Waals surface area contributed by atoms with Gasteiger partial charge in [-0.2, -0.15) is 13.2 Å². The van der Waals surface area contributed by atoms with Crippen molar-refractivity contribution in [3.63, 3.8) is 0 Å². The van der Waals surface area contributed by atoms with Crippen LogP contribution < -0.4 is 20.7 Å². The summed E-state index contributed by atoms with van der Waals surface area (Å²) in [4.78, 5) is 2.03. The van der Waals surface area contributed by atoms with E-state index in [4.69, 9.17) is 0 Å². The Hall–Kier alpha value is -2.94. The summed E-state index contributed by atoms with van der Waals surface area (Å²) in [7, 11) is -1.08. The second-order valence-electron chi connectivity index (χ2n) is 10.6. The maximum atomic E-state index is 14.7. The van der Waals surface area contributed by atoms with E-state index >= 15 is 0 Å². The summed E-state index contributed by atoms with van der Waals surface area (Å²) in [5.41, 5.74) is 0.440. The molecule has 0 radical (unpaired) electrons. The van der Waals surface area contributed by atoms with Gasteiger partial charge >= 0.3 is 12.5 Å². The zero-order valence-electron chi connectivity index (χ0n) is 24.3. The van der Waals surface area contributed by atoms with Crippen LogP contribution in [0, 0.1) is 11.8 Å². The minimum Gasteiger partial charge on any atom is -0.404 e. The van der Waals surface area contributed by atoms with E-state index in [2.05, 4.69) is 27.2 Å². The summed E-state index contributed by atoms with van der Waals surface area (Å²) in [5, 5.41) is 6.51. The van der Waals surface area contributed by atoms with Gasteiger partial charge in [0, 0.05) is 30.7 Å². The molecule has 0 aliphatic carbocycles. The van der Waals surface area contributed by atoms with Gasteiger partial charge in [-0.05, 0) is 48.7 Å². The number of hydrogen-bond acceptors (Lipinski definition) is 6. The Balaban J connectivity index is 1.63. The zero-order valence-corrected chi connectivity index (χ0v) is 26.0. The predicted octanol–water partition coefficient (Wildman–Crippen LogP) is 7.85. The predicted molar refractivity (Wildman–Crippen MR) is 163 cm³/mol. The van der Waals surface area contributed by atoms with Crippen LogP contribution in [-0.4, -0.2) is 68.7 Å². The minimum atomic E-state index is -5.01. The van der Waals surface area contributed by atoms with Crippen LogP contribution in [0.25, 0.3) is 10.1 Å². The molecule has 0 saturated carbocycles. The van der Waals surface area contributed by atoms with Gasteiger partial charge in [-0.1, -0.05) is 37.8 Å². The van der Waals surface area contributed by atoms with Crippen LogP contribution in [0.15, 0.2) is 36.4 Å². The summed E-state index contributed by atoms with van der Waals surface area (Å²) >= 11 is 1.05. The average Bonchev–Trinajstić information content (AvgIpc) is 3.28. The van der Waals surface area contributed by atoms with Crippen molar-refractivity contribution < 1.29 is 40.0 Å². The molecule has 2 aromatic carbocycles. The Labute approximate surface area is 255 Å². The molecule has 3 aromatic rings. The largest absolute Gasteiger partial charge is 0.573 e. The topological polar surface area (TPSA) is 53.6 Å². The molecule has 1 saturated heterocycles. The van der Waals surface area contributed by atoms with Gasteiger partial charge in [0.2, 0.25) is 0 Å². The van der Waals surface area contributed by atoms with Crippen LogP contribution in [0.4, 0.5) is 42.1 Å². The molecule has 1 aromatic heterocycles. The molecule has 0 unspecified atom stereocenters. The number of piperidine rings is 1. The Morgan fingerprint density at radius 2 is 1.82 bits per heavy atom. The lowest BCUT2D eigenvalue weighted by Gasteiger charge is -2.33. The van der Waals surface area contributed by atoms with Crippen molar-refractivity contribution in [1.82, 2.24) is 4.90 Å². The first-order chi connectivity index (χ1) is 20.6. The second kappa shape index (κ2) is 13.6. The summed E-state index contributed by atoms with van der Waals surface area (Å²) in [6.45, 7) is 4.11. The van der Waals surface area contributed by atoms with Crippen LogP contribution >= 0.6 is 18.5 Å². The van der Waals surface area contributed by atoms with Crippen molar-refractivity contribution in [3.8, 4) is 17.6 Å². The standard InChI is InChI=1S/C30H33F7N3O2PS/c1-4-43(41,5-2)19-11-12-24(26(16-19)42-30(35,36)37)38-14-7-10-27-21(17-29(32,33)34)20-8-6-9-25(28(20)44-27)39-23-13-15-40(3)18-22(23)31/h6,8-9,11-12,16,22-23,38-39H,4-5,13-15,17-18H2,1-3H3/t22-,23+/m1/s1. The molecule has 1 fully saturated rings. The highest BCUT2D eigenvalue weighted by atomic mass is 32.1. The fraction of sp³-hybridized carbons (Fsp3) is 0.467. The van der Waals surface area contributed by atoms with Gasteiger partial charge < -0.3 is 24.8 Å². The number of likely N-dealkylation sites (tertiary alicyclic amines) is 1. The molecule has 1 aliphatic heterocycles. The Kier molecular flexibility index (Phi) is 10.5. The van der Waals surface area contributed by atoms with E-state index in [0.717, 1.165) is 17.4 Å². The number of hydrogen-bond donors (Lipinski definition) is 2. The van der Waals surface area contributed by atoms with E-state index in [0.29, 0.717) is 28.7 Å². The van der Waals surface area contributed by atoms with Crippen LogP contribution in [0.5, 0.6) is 5.75 Å². The number of anilines is 2. The molecular weight excluding hydrogens is 630 g/mol. The van der Waals surface area contributed by atoms with Crippen molar-refractivity contribution in [1.29, 1.82) is 0 Å². The molecule has 2 N–H and O–H groups in total. The number of alkyl halides is 7. The first-order valence-corrected chi connectivity index (χ1v) is 16.9. The van der Waals surface area contributed by atoms with Crippen LogP contribution in [-0.2, 0) is 11.0 Å². The molecule has 14 heteroatoms. The third kappa shape index (κ3) is 8.40. The van der Waals surface area contributed by atoms with Crippen molar-refractivity contribution in [3.05, 3.63) is 46.8 Å². The van der Waals surface area contributed by atoms with Crippen molar-refractivity contribution in [2.75, 3.05) is 49.6 Å². The summed E-state index contributed by atoms with van der Waals surface area (Å²) < 4.78 is 113. The third-order valence-electron chi connectivity index (χ3n) is 7.53. The van der Waals surface area contributed by atoms with Crippen molar-refractivity contribution in [2.24, 2.45) is 0 Å². The Morgan fingerprint density at radius 1 is 1.09 bits per heavy atom. The molecule has 2 atom stereocenters. The Bertz CT molecular complexity index is 1570. The van der Waals surface area contributed by atoms with Gasteiger partial charge in [0.25, 0.3) is 0 Å². The highest BCUT2D eigenvalue weighted by Crippen LogP contribution is 2.45. The van der Waals surface area contributed by atoms with Gasteiger partial charge in [0.05, 0.1) is 40.0 Å². The fourth-order valence-corrected chi connectivity index (χ4v) is 8.20. The number of halogens is 7. The number of rotatable bonds is 9. The number of nitrogens with zero attached hydrogens (tertiary/aromatic N) is 1. The van der Waals surface area contributed by atoms with Gasteiger partial charge in [-0.15, -0.1) is 24.5 Å². The number of ether oxygens (including phenoxy) is 1. The van der Waals surface area contributed by atoms with E-state index in [-0.39, 0.29) is 46.8 Å². The van der Waals surface area contributed by atoms with Gasteiger partial charge in [0.15, 0.2) is 5.75 Å². The highest BCUT2D eigenvalue weighted by molar-refractivity contribution is 7.71. The van der Waals surface area contributed by atoms with E-state index in [1.165, 1.54) is 12.1 Å². The number of fused-ring (bicyclic) bond motifs is 1. The van der Waals surface area contributed by atoms with E-state index in [1.54, 1.807) is 32.0 Å². The molecule has 0 bridgehead atoms. The maximum Gasteiger partial charge on any atom is 0.573 e. The van der Waals surface area contributed by atoms with E-state index in [1.807, 2.05) is 11.9 Å². The molecule has 0 amide bonds. The van der Waals surface area contributed by atoms with Gasteiger partial charge in [0.1, 0.15) is 13.3 Å². The summed E-state index contributed by atoms with van der Waals surface area (Å²) in [6.07, 6.45) is -10.8. The normalized spacial score (nSPS) is 18.1. The first kappa shape index (κ1) is 33.9. The zero-order chi connectivity index (χ0) is 32.3. The minimum absolute atomic E-state index is 0.0193. The maximum absolute atomic E-state index is 14.7. The van der Waals surface area contributed by atoms with Crippen molar-refractivity contribution >= 4 is 45.2 Å². The number of nitrogens with one attached hydrogen (secondary N) is 2. The van der Waals surface area contributed by atoms with Crippen LogP contribution in [0.3, 0.4) is 0 Å². The SMILES string of the molecule is CCP(=O)(CC)c1ccc(NCC#Cc2sc3c(N[C@H]4CCN(C)C[C@H]4F)cccc3c2CC(F)(F)F)c(OC(F)(F)F)c1. The van der Waals surface area contributed by atoms with Crippen LogP contribution in [0.1, 0.15) is 30.7 Å². The first-order valence-electron chi connectivity index (χ1n) is 14.0. The molecule has 1 aliphatic rings. The molecule has 5 nitrogen and oxygen atoms in total. The number of benzene rings is 2. The average molecular weight is 664 g/mol. The van der Waals surface area contributed by atoms with Gasteiger partial charge in [-0.3, -0.25) is 0 Å². The molecule has 44 heavy (non-hydrogen) atoms. The van der Waals surface area contributed by atoms with Crippen molar-refractivity contribution in [2.45, 2.75) is 51.4 Å². The molecular formula is C30H33F7N3O2PS. The van der Waals surface area contributed by atoms with Crippen LogP contribution in [0.2, 0.25) is 0 Å². The quantitative estimate of drug-likeness (QED) is 0.139. The van der Waals surface area contributed by atoms with Gasteiger partial charge in [-0.25, -0.2) is 4.39 Å². The molecule has 2 heterocycles. The lowest BCUT2D eigenvalue weighted by Crippen LogP contribution is -2.46. The smallest absolute Gasteiger partial charge is 0.404 e.